The third-order valence-corrected chi connectivity index (χ3v) is 5.30. The van der Waals surface area contributed by atoms with Crippen LogP contribution in [0.2, 0.25) is 0 Å². The molecule has 2 heterocycles. The highest BCUT2D eigenvalue weighted by Gasteiger charge is 2.22. The lowest BCUT2D eigenvalue weighted by Gasteiger charge is -2.16. The van der Waals surface area contributed by atoms with E-state index in [4.69, 9.17) is 4.74 Å². The van der Waals surface area contributed by atoms with Crippen LogP contribution >= 0.6 is 30.1 Å². The van der Waals surface area contributed by atoms with Crippen LogP contribution in [0.15, 0.2) is 42.5 Å². The topological polar surface area (TPSA) is 39.9 Å². The molecule has 2 aromatic carbocycles. The van der Waals surface area contributed by atoms with Gasteiger partial charge in [0.15, 0.2) is 5.82 Å². The zero-order valence-electron chi connectivity index (χ0n) is 14.2. The van der Waals surface area contributed by atoms with Crippen LogP contribution in [-0.4, -0.2) is 14.8 Å². The van der Waals surface area contributed by atoms with Gasteiger partial charge in [0.2, 0.25) is 0 Å². The van der Waals surface area contributed by atoms with Gasteiger partial charge in [0, 0.05) is 32.3 Å². The number of fused-ring (bicyclic) bond motifs is 3. The predicted octanol–water partition coefficient (Wildman–Crippen LogP) is 5.23. The van der Waals surface area contributed by atoms with E-state index in [9.17, 15) is 0 Å². The Labute approximate surface area is 176 Å². The van der Waals surface area contributed by atoms with Crippen molar-refractivity contribution in [1.82, 2.24) is 14.8 Å². The Balaban J connectivity index is 0.00000210. The van der Waals surface area contributed by atoms with E-state index in [1.165, 1.54) is 25.6 Å². The Kier molecular flexibility index (Phi) is 6.58. The fourth-order valence-corrected chi connectivity index (χ4v) is 3.78. The van der Waals surface area contributed by atoms with Crippen LogP contribution in [0.4, 0.5) is 0 Å². The van der Waals surface area contributed by atoms with Crippen LogP contribution in [0.5, 0.6) is 0 Å². The first-order chi connectivity index (χ1) is 12.8. The molecule has 0 fully saturated rings. The number of aryl methyl sites for hydroxylation is 1. The summed E-state index contributed by atoms with van der Waals surface area (Å²) in [6, 6.07) is 14.7. The van der Waals surface area contributed by atoms with E-state index in [2.05, 4.69) is 83.5 Å². The SMILES string of the molecule is C.Cc1nnc2n1-c1ccc(C#CSI)c(Cc3ccccc3)c1COC2. The van der Waals surface area contributed by atoms with E-state index in [-0.39, 0.29) is 7.43 Å². The summed E-state index contributed by atoms with van der Waals surface area (Å²) in [5, 5.41) is 11.6. The molecule has 0 N–H and O–H groups in total. The summed E-state index contributed by atoms with van der Waals surface area (Å²) in [4.78, 5) is 0. The first kappa shape index (κ1) is 19.9. The second-order valence-electron chi connectivity index (χ2n) is 6.05. The van der Waals surface area contributed by atoms with Crippen LogP contribution in [0, 0.1) is 18.1 Å². The van der Waals surface area contributed by atoms with E-state index < -0.39 is 0 Å². The molecule has 0 amide bonds. The average Bonchev–Trinajstić information content (AvgIpc) is 2.92. The molecule has 1 aliphatic heterocycles. The first-order valence-corrected chi connectivity index (χ1v) is 11.6. The van der Waals surface area contributed by atoms with Gasteiger partial charge in [-0.25, -0.2) is 0 Å². The lowest BCUT2D eigenvalue weighted by molar-refractivity contribution is 0.104. The summed E-state index contributed by atoms with van der Waals surface area (Å²) in [6.45, 7) is 2.99. The summed E-state index contributed by atoms with van der Waals surface area (Å²) in [5.41, 5.74) is 5.79. The standard InChI is InChI=1S/C20H16IN3OS.CH4/c1-14-22-23-20-13-25-12-18-17(11-15-5-3-2-4-6-15)16(9-10-26-21)7-8-19(18)24(14)20;/h2-8H,11-13H2,1H3;1H4. The van der Waals surface area contributed by atoms with Crippen molar-refractivity contribution in [3.8, 4) is 16.9 Å². The number of halogens is 1. The molecule has 0 aliphatic carbocycles. The van der Waals surface area contributed by atoms with E-state index in [1.54, 1.807) is 0 Å². The van der Waals surface area contributed by atoms with E-state index in [0.717, 1.165) is 29.3 Å². The molecular formula is C21H20IN3OS. The minimum atomic E-state index is 0. The maximum Gasteiger partial charge on any atom is 0.163 e. The smallest absolute Gasteiger partial charge is 0.163 e. The summed E-state index contributed by atoms with van der Waals surface area (Å²) in [5.74, 6) is 5.01. The molecule has 4 rings (SSSR count). The average molecular weight is 489 g/mol. The van der Waals surface area contributed by atoms with Crippen molar-refractivity contribution in [2.45, 2.75) is 34.0 Å². The van der Waals surface area contributed by atoms with Gasteiger partial charge in [-0.05, 0) is 50.8 Å². The van der Waals surface area contributed by atoms with Crippen molar-refractivity contribution < 1.29 is 4.74 Å². The molecule has 0 saturated heterocycles. The third kappa shape index (κ3) is 4.05. The fraction of sp³-hybridized carbons (Fsp3) is 0.238. The fourth-order valence-electron chi connectivity index (χ4n) is 3.30. The molecule has 3 aromatic rings. The Morgan fingerprint density at radius 2 is 1.96 bits per heavy atom. The van der Waals surface area contributed by atoms with Gasteiger partial charge in [0.25, 0.3) is 0 Å². The Morgan fingerprint density at radius 1 is 1.15 bits per heavy atom. The van der Waals surface area contributed by atoms with Gasteiger partial charge >= 0.3 is 0 Å². The highest BCUT2D eigenvalue weighted by Crippen LogP contribution is 2.30. The first-order valence-electron chi connectivity index (χ1n) is 8.24. The Hall–Kier alpha value is -1.82. The van der Waals surface area contributed by atoms with E-state index in [1.807, 2.05) is 13.0 Å². The molecule has 0 unspecified atom stereocenters. The van der Waals surface area contributed by atoms with Crippen LogP contribution in [0.1, 0.15) is 41.3 Å². The maximum atomic E-state index is 5.92. The van der Waals surface area contributed by atoms with Crippen molar-refractivity contribution >= 4 is 30.1 Å². The van der Waals surface area contributed by atoms with Crippen LogP contribution < -0.4 is 0 Å². The number of benzene rings is 2. The van der Waals surface area contributed by atoms with Gasteiger partial charge in [0.05, 0.1) is 12.3 Å². The van der Waals surface area contributed by atoms with Gasteiger partial charge < -0.3 is 4.74 Å². The van der Waals surface area contributed by atoms with Crippen molar-refractivity contribution in [3.05, 3.63) is 76.4 Å². The molecule has 0 bridgehead atoms. The number of hydrogen-bond donors (Lipinski definition) is 0. The summed E-state index contributed by atoms with van der Waals surface area (Å²) >= 11 is 2.20. The van der Waals surface area contributed by atoms with Gasteiger partial charge in [0.1, 0.15) is 12.4 Å². The van der Waals surface area contributed by atoms with Crippen molar-refractivity contribution in [1.29, 1.82) is 0 Å². The zero-order valence-corrected chi connectivity index (χ0v) is 17.2. The summed E-state index contributed by atoms with van der Waals surface area (Å²) in [7, 11) is 1.50. The molecule has 1 aliphatic rings. The van der Waals surface area contributed by atoms with Crippen molar-refractivity contribution in [3.63, 3.8) is 0 Å². The number of nitrogens with zero attached hydrogens (tertiary/aromatic N) is 3. The van der Waals surface area contributed by atoms with E-state index in [0.29, 0.717) is 13.2 Å². The molecule has 0 radical (unpaired) electrons. The molecular weight excluding hydrogens is 469 g/mol. The van der Waals surface area contributed by atoms with Crippen LogP contribution in [0.3, 0.4) is 0 Å². The minimum absolute atomic E-state index is 0. The second-order valence-corrected chi connectivity index (χ2v) is 7.73. The molecule has 6 heteroatoms. The van der Waals surface area contributed by atoms with Gasteiger partial charge in [-0.1, -0.05) is 43.7 Å². The highest BCUT2D eigenvalue weighted by molar-refractivity contribution is 14.2. The quantitative estimate of drug-likeness (QED) is 0.366. The van der Waals surface area contributed by atoms with Crippen LogP contribution in [-0.2, 0) is 24.4 Å². The third-order valence-electron chi connectivity index (χ3n) is 4.46. The van der Waals surface area contributed by atoms with Gasteiger partial charge in [-0.2, -0.15) is 0 Å². The number of aromatic nitrogens is 3. The monoisotopic (exact) mass is 489 g/mol. The maximum absolute atomic E-state index is 5.92. The Morgan fingerprint density at radius 3 is 2.74 bits per heavy atom. The number of ether oxygens (including phenoxy) is 1. The lowest BCUT2D eigenvalue weighted by Crippen LogP contribution is -2.07. The largest absolute Gasteiger partial charge is 0.369 e. The van der Waals surface area contributed by atoms with Crippen LogP contribution in [0.25, 0.3) is 5.69 Å². The molecule has 138 valence electrons. The second kappa shape index (κ2) is 8.91. The van der Waals surface area contributed by atoms with Crippen molar-refractivity contribution in [2.75, 3.05) is 0 Å². The predicted molar refractivity (Wildman–Crippen MR) is 119 cm³/mol. The normalized spacial score (nSPS) is 12.1. The molecule has 1 aromatic heterocycles. The summed E-state index contributed by atoms with van der Waals surface area (Å²) < 4.78 is 8.02. The highest BCUT2D eigenvalue weighted by atomic mass is 127. The molecule has 27 heavy (non-hydrogen) atoms. The van der Waals surface area contributed by atoms with Crippen molar-refractivity contribution in [2.24, 2.45) is 0 Å². The molecule has 4 nitrogen and oxygen atoms in total. The zero-order chi connectivity index (χ0) is 17.9. The van der Waals surface area contributed by atoms with E-state index >= 15 is 0 Å². The van der Waals surface area contributed by atoms with Gasteiger partial charge in [-0.3, -0.25) is 4.57 Å². The molecule has 0 saturated carbocycles. The lowest BCUT2D eigenvalue weighted by atomic mass is 9.93. The van der Waals surface area contributed by atoms with Gasteiger partial charge in [-0.15, -0.1) is 10.2 Å². The molecule has 0 atom stereocenters. The number of rotatable bonds is 2. The summed E-state index contributed by atoms with van der Waals surface area (Å²) in [6.07, 6.45) is 0.819. The molecule has 0 spiro atoms. The Bertz CT molecular complexity index is 1010. The minimum Gasteiger partial charge on any atom is -0.369 e. The number of hydrogen-bond acceptors (Lipinski definition) is 4.